The largest absolute Gasteiger partial charge is 0.454 e. The molecule has 1 saturated carbocycles. The molecule has 2 atom stereocenters. The maximum atomic E-state index is 13.3. The van der Waals surface area contributed by atoms with E-state index in [1.54, 1.807) is 0 Å². The van der Waals surface area contributed by atoms with Crippen LogP contribution in [0.25, 0.3) is 6.08 Å². The van der Waals surface area contributed by atoms with E-state index in [0.29, 0.717) is 0 Å². The lowest BCUT2D eigenvalue weighted by Crippen LogP contribution is -2.56. The monoisotopic (exact) mass is 440 g/mol. The van der Waals surface area contributed by atoms with Crippen molar-refractivity contribution in [1.82, 2.24) is 5.73 Å². The summed E-state index contributed by atoms with van der Waals surface area (Å²) in [7, 11) is -4.68. The molecule has 0 bridgehead atoms. The molecule has 1 aromatic carbocycles. The molecule has 0 aromatic heterocycles. The number of fused-ring (bicyclic) bond motifs is 2. The molecule has 1 aromatic rings. The number of amides is 1. The molecular weight excluding hydrogens is 402 g/mol. The Kier molecular flexibility index (Phi) is 4.72. The Hall–Kier alpha value is -1.18. The molecule has 163 valence electrons. The van der Waals surface area contributed by atoms with Crippen molar-refractivity contribution in [2.24, 2.45) is 0 Å². The van der Waals surface area contributed by atoms with E-state index < -0.39 is 21.7 Å². The van der Waals surface area contributed by atoms with Gasteiger partial charge < -0.3 is 4.12 Å². The van der Waals surface area contributed by atoms with Crippen molar-refractivity contribution in [1.29, 1.82) is 0 Å². The van der Waals surface area contributed by atoms with Crippen LogP contribution in [-0.4, -0.2) is 22.5 Å². The van der Waals surface area contributed by atoms with Crippen LogP contribution in [0.3, 0.4) is 0 Å². The van der Waals surface area contributed by atoms with E-state index in [4.69, 9.17) is 9.85 Å². The Morgan fingerprint density at radius 3 is 2.37 bits per heavy atom. The van der Waals surface area contributed by atoms with E-state index in [2.05, 4.69) is 72.1 Å². The third kappa shape index (κ3) is 2.55. The fraction of sp³-hybridized carbons (Fsp3) is 0.640. The van der Waals surface area contributed by atoms with Crippen LogP contribution in [0.4, 0.5) is 0 Å². The minimum Gasteiger partial charge on any atom is -0.454 e. The third-order valence-electron chi connectivity index (χ3n) is 8.61. The van der Waals surface area contributed by atoms with Gasteiger partial charge in [-0.1, -0.05) is 57.9 Å². The highest BCUT2D eigenvalue weighted by Crippen LogP contribution is 2.73. The highest BCUT2D eigenvalue weighted by atomic mass is 28.4. The average molecular weight is 441 g/mol. The fourth-order valence-corrected chi connectivity index (χ4v) is 21.1. The van der Waals surface area contributed by atoms with E-state index >= 15 is 0 Å². The number of rotatable bonds is 3. The highest BCUT2D eigenvalue weighted by Gasteiger charge is 2.79. The molecule has 2 fully saturated rings. The van der Waals surface area contributed by atoms with E-state index in [1.807, 2.05) is 0 Å². The second kappa shape index (κ2) is 6.42. The van der Waals surface area contributed by atoms with Crippen LogP contribution >= 0.6 is 0 Å². The number of benzene rings is 1. The van der Waals surface area contributed by atoms with Crippen molar-refractivity contribution < 1.29 is 8.91 Å². The smallest absolute Gasteiger partial charge is 0.244 e. The maximum absolute atomic E-state index is 13.3. The zero-order chi connectivity index (χ0) is 22.3. The summed E-state index contributed by atoms with van der Waals surface area (Å²) in [4.78, 5) is 13.3. The number of nitrogens with one attached hydrogen (secondary N) is 1. The highest BCUT2D eigenvalue weighted by molar-refractivity contribution is 6.96. The molecule has 1 saturated heterocycles. The number of allylic oxidation sites excluding steroid dienone is 1. The maximum Gasteiger partial charge on any atom is 0.244 e. The number of carbonyl (C=O) groups is 1. The molecule has 1 radical (unpaired) electrons. The van der Waals surface area contributed by atoms with Crippen LogP contribution in [0.15, 0.2) is 17.7 Å². The zero-order valence-corrected chi connectivity index (χ0v) is 22.1. The van der Waals surface area contributed by atoms with Crippen molar-refractivity contribution >= 4 is 28.6 Å². The standard InChI is InChI=1S/C25H38NO2Si2/c1-9-17-13-18-15-19(23(2,3)4)16-21(20(18)14-17)24-11-10-12-25(24,22(26)27)30(7,8)28-29(24,5)6/h13,15-16,26H,9-12,14H2,1-8H3. The summed E-state index contributed by atoms with van der Waals surface area (Å²) in [5.74, 6) is -0.355. The lowest BCUT2D eigenvalue weighted by molar-refractivity contribution is -0.122. The van der Waals surface area contributed by atoms with Gasteiger partial charge >= 0.3 is 0 Å². The summed E-state index contributed by atoms with van der Waals surface area (Å²) < 4.78 is 6.98. The molecule has 30 heavy (non-hydrogen) atoms. The molecule has 1 N–H and O–H groups in total. The van der Waals surface area contributed by atoms with Crippen molar-refractivity contribution in [3.63, 3.8) is 0 Å². The van der Waals surface area contributed by atoms with Crippen molar-refractivity contribution in [2.45, 2.75) is 101 Å². The Labute approximate surface area is 184 Å². The lowest BCUT2D eigenvalue weighted by atomic mass is 9.77. The molecule has 5 heteroatoms. The summed E-state index contributed by atoms with van der Waals surface area (Å²) in [6.45, 7) is 18.2. The van der Waals surface area contributed by atoms with Gasteiger partial charge in [-0.2, -0.15) is 0 Å². The average Bonchev–Trinajstić information content (AvgIpc) is 3.24. The number of carbonyl (C=O) groups excluding carboxylic acids is 1. The fourth-order valence-electron chi connectivity index (χ4n) is 7.32. The first-order chi connectivity index (χ1) is 13.7. The van der Waals surface area contributed by atoms with Gasteiger partial charge in [0.05, 0.1) is 5.04 Å². The normalized spacial score (nSPS) is 31.4. The van der Waals surface area contributed by atoms with Gasteiger partial charge in [-0.25, -0.2) is 0 Å². The van der Waals surface area contributed by atoms with Gasteiger partial charge in [0.25, 0.3) is 0 Å². The van der Waals surface area contributed by atoms with Crippen molar-refractivity contribution in [3.8, 4) is 0 Å². The van der Waals surface area contributed by atoms with Gasteiger partial charge in [0.2, 0.25) is 5.91 Å². The first-order valence-corrected chi connectivity index (χ1v) is 17.4. The molecule has 1 aliphatic heterocycles. The predicted octanol–water partition coefficient (Wildman–Crippen LogP) is 6.28. The molecule has 3 aliphatic rings. The topological polar surface area (TPSA) is 50.1 Å². The van der Waals surface area contributed by atoms with Gasteiger partial charge in [-0.3, -0.25) is 10.5 Å². The zero-order valence-electron chi connectivity index (χ0n) is 20.1. The second-order valence-electron chi connectivity index (χ2n) is 11.8. The van der Waals surface area contributed by atoms with Crippen LogP contribution < -0.4 is 5.73 Å². The molecule has 1 amide bonds. The van der Waals surface area contributed by atoms with Crippen LogP contribution in [-0.2, 0) is 25.8 Å². The molecule has 1 heterocycles. The molecular formula is C25H38NO2Si2. The Balaban J connectivity index is 2.09. The van der Waals surface area contributed by atoms with Crippen LogP contribution in [0.2, 0.25) is 31.2 Å². The van der Waals surface area contributed by atoms with E-state index in [1.165, 1.54) is 27.8 Å². The quantitative estimate of drug-likeness (QED) is 0.519. The lowest BCUT2D eigenvalue weighted by Gasteiger charge is -2.47. The first-order valence-electron chi connectivity index (χ1n) is 11.6. The van der Waals surface area contributed by atoms with Gasteiger partial charge in [0.15, 0.2) is 16.6 Å². The SMILES string of the molecule is CCC1=Cc2cc(C(C)(C)C)cc(C34CCCC3(C([NH])=O)[Si](C)(C)O[Si]4(C)C)c2C1. The van der Waals surface area contributed by atoms with Crippen LogP contribution in [0, 0.1) is 0 Å². The summed E-state index contributed by atoms with van der Waals surface area (Å²) in [6, 6.07) is 4.81. The van der Waals surface area contributed by atoms with Crippen LogP contribution in [0.1, 0.15) is 75.6 Å². The van der Waals surface area contributed by atoms with E-state index in [-0.39, 0.29) is 16.4 Å². The third-order valence-corrected chi connectivity index (χ3v) is 18.9. The predicted molar refractivity (Wildman–Crippen MR) is 129 cm³/mol. The Morgan fingerprint density at radius 1 is 1.13 bits per heavy atom. The van der Waals surface area contributed by atoms with Crippen molar-refractivity contribution in [2.75, 3.05) is 0 Å². The molecule has 0 spiro atoms. The first kappa shape index (κ1) is 22.0. The number of hydrogen-bond acceptors (Lipinski definition) is 2. The second-order valence-corrected chi connectivity index (χ2v) is 20.4. The molecule has 2 aliphatic carbocycles. The van der Waals surface area contributed by atoms with Gasteiger partial charge in [-0.05, 0) is 79.5 Å². The molecule has 2 unspecified atom stereocenters. The summed E-state index contributed by atoms with van der Waals surface area (Å²) in [5, 5.41) is -0.897. The molecule has 3 nitrogen and oxygen atoms in total. The number of hydrogen-bond donors (Lipinski definition) is 0. The van der Waals surface area contributed by atoms with Gasteiger partial charge in [0, 0.05) is 5.04 Å². The Bertz CT molecular complexity index is 957. The minimum absolute atomic E-state index is 0.0353. The van der Waals surface area contributed by atoms with Gasteiger partial charge in [0.1, 0.15) is 0 Å². The summed E-state index contributed by atoms with van der Waals surface area (Å²) >= 11 is 0. The Morgan fingerprint density at radius 2 is 1.80 bits per heavy atom. The van der Waals surface area contributed by atoms with E-state index in [0.717, 1.165) is 32.1 Å². The van der Waals surface area contributed by atoms with Gasteiger partial charge in [-0.15, -0.1) is 0 Å². The summed E-state index contributed by atoms with van der Waals surface area (Å²) in [6.07, 6.45) is 7.29. The molecule has 4 rings (SSSR count). The summed E-state index contributed by atoms with van der Waals surface area (Å²) in [5.41, 5.74) is 15.6. The van der Waals surface area contributed by atoms with Crippen LogP contribution in [0.5, 0.6) is 0 Å². The minimum atomic E-state index is -2.39. The van der Waals surface area contributed by atoms with E-state index in [9.17, 15) is 4.79 Å². The van der Waals surface area contributed by atoms with Crippen molar-refractivity contribution in [3.05, 3.63) is 40.0 Å².